The summed E-state index contributed by atoms with van der Waals surface area (Å²) in [7, 11) is 0. The third-order valence-electron chi connectivity index (χ3n) is 3.83. The van der Waals surface area contributed by atoms with Gasteiger partial charge in [-0.3, -0.25) is 4.79 Å². The summed E-state index contributed by atoms with van der Waals surface area (Å²) >= 11 is 0. The average Bonchev–Trinajstić information content (AvgIpc) is 2.97. The quantitative estimate of drug-likeness (QED) is 0.833. The van der Waals surface area contributed by atoms with Crippen molar-refractivity contribution in [2.45, 2.75) is 58.0 Å². The molecule has 1 aliphatic rings. The first-order chi connectivity index (χ1) is 11.3. The van der Waals surface area contributed by atoms with E-state index in [0.717, 1.165) is 25.5 Å². The lowest BCUT2D eigenvalue weighted by atomic mass is 10.1. The zero-order valence-electron chi connectivity index (χ0n) is 13.9. The van der Waals surface area contributed by atoms with Gasteiger partial charge in [0.05, 0.1) is 11.7 Å². The summed E-state index contributed by atoms with van der Waals surface area (Å²) < 4.78 is 45.0. The zero-order chi connectivity index (χ0) is 17.7. The molecule has 4 nitrogen and oxygen atoms in total. The molecule has 1 fully saturated rings. The highest BCUT2D eigenvalue weighted by Crippen LogP contribution is 2.34. The van der Waals surface area contributed by atoms with Crippen molar-refractivity contribution in [3.05, 3.63) is 29.3 Å². The minimum atomic E-state index is -4.50. The molecule has 1 atom stereocenters. The highest BCUT2D eigenvalue weighted by atomic mass is 19.4. The molecule has 1 unspecified atom stereocenters. The van der Waals surface area contributed by atoms with Gasteiger partial charge in [-0.2, -0.15) is 13.2 Å². The van der Waals surface area contributed by atoms with Crippen molar-refractivity contribution in [2.24, 2.45) is 0 Å². The van der Waals surface area contributed by atoms with E-state index >= 15 is 0 Å². The largest absolute Gasteiger partial charge is 0.491 e. The number of amides is 1. The predicted molar refractivity (Wildman–Crippen MR) is 84.7 cm³/mol. The van der Waals surface area contributed by atoms with E-state index in [9.17, 15) is 18.0 Å². The Hall–Kier alpha value is -1.76. The van der Waals surface area contributed by atoms with Crippen LogP contribution in [0, 0.1) is 0 Å². The maximum absolute atomic E-state index is 13.2. The van der Waals surface area contributed by atoms with Crippen LogP contribution in [0.2, 0.25) is 0 Å². The summed E-state index contributed by atoms with van der Waals surface area (Å²) in [5, 5.41) is 5.77. The fourth-order valence-electron chi connectivity index (χ4n) is 2.74. The number of hydrogen-bond acceptors (Lipinski definition) is 3. The van der Waals surface area contributed by atoms with E-state index < -0.39 is 11.7 Å². The van der Waals surface area contributed by atoms with Gasteiger partial charge in [0.25, 0.3) is 0 Å². The minimum absolute atomic E-state index is 0.0336. The van der Waals surface area contributed by atoms with E-state index in [2.05, 4.69) is 10.6 Å². The summed E-state index contributed by atoms with van der Waals surface area (Å²) in [6.07, 6.45) is -2.48. The van der Waals surface area contributed by atoms with Crippen LogP contribution in [0.1, 0.15) is 44.2 Å². The van der Waals surface area contributed by atoms with E-state index in [-0.39, 0.29) is 42.3 Å². The van der Waals surface area contributed by atoms with Crippen LogP contribution >= 0.6 is 0 Å². The smallest absolute Gasteiger partial charge is 0.416 e. The monoisotopic (exact) mass is 344 g/mol. The fraction of sp³-hybridized carbons (Fsp3) is 0.588. The van der Waals surface area contributed by atoms with Gasteiger partial charge >= 0.3 is 6.18 Å². The molecular formula is C17H23F3N2O2. The summed E-state index contributed by atoms with van der Waals surface area (Å²) in [4.78, 5) is 11.9. The van der Waals surface area contributed by atoms with E-state index in [0.29, 0.717) is 0 Å². The predicted octanol–water partition coefficient (Wildman–Crippen LogP) is 3.25. The second-order valence-corrected chi connectivity index (χ2v) is 6.26. The Labute approximate surface area is 139 Å². The molecule has 1 amide bonds. The van der Waals surface area contributed by atoms with Gasteiger partial charge in [-0.05, 0) is 50.9 Å². The third kappa shape index (κ3) is 5.40. The van der Waals surface area contributed by atoms with E-state index in [1.54, 1.807) is 13.8 Å². The molecule has 0 aliphatic carbocycles. The Morgan fingerprint density at radius 2 is 2.17 bits per heavy atom. The number of carbonyl (C=O) groups is 1. The van der Waals surface area contributed by atoms with Gasteiger partial charge in [-0.1, -0.05) is 6.07 Å². The van der Waals surface area contributed by atoms with Crippen LogP contribution in [0.15, 0.2) is 18.2 Å². The number of nitrogens with one attached hydrogen (secondary N) is 2. The number of alkyl halides is 3. The van der Waals surface area contributed by atoms with Crippen LogP contribution in [-0.2, 0) is 17.5 Å². The zero-order valence-corrected chi connectivity index (χ0v) is 13.9. The maximum Gasteiger partial charge on any atom is 0.416 e. The summed E-state index contributed by atoms with van der Waals surface area (Å²) in [6, 6.07) is 3.96. The van der Waals surface area contributed by atoms with Gasteiger partial charge in [0.15, 0.2) is 0 Å². The lowest BCUT2D eigenvalue weighted by Gasteiger charge is -2.17. The molecule has 0 aromatic heterocycles. The molecule has 2 N–H and O–H groups in total. The van der Waals surface area contributed by atoms with E-state index in [4.69, 9.17) is 4.74 Å². The number of carbonyl (C=O) groups excluding carboxylic acids is 1. The Morgan fingerprint density at radius 3 is 2.75 bits per heavy atom. The van der Waals surface area contributed by atoms with Crippen molar-refractivity contribution in [1.29, 1.82) is 0 Å². The number of ether oxygens (including phenoxy) is 1. The van der Waals surface area contributed by atoms with Gasteiger partial charge in [-0.15, -0.1) is 0 Å². The average molecular weight is 344 g/mol. The first kappa shape index (κ1) is 18.6. The van der Waals surface area contributed by atoms with Crippen molar-refractivity contribution in [3.8, 4) is 5.75 Å². The van der Waals surface area contributed by atoms with Gasteiger partial charge in [-0.25, -0.2) is 0 Å². The Balaban J connectivity index is 2.03. The van der Waals surface area contributed by atoms with Crippen molar-refractivity contribution in [2.75, 3.05) is 6.54 Å². The highest BCUT2D eigenvalue weighted by Gasteiger charge is 2.34. The molecule has 0 bridgehead atoms. The SMILES string of the molecule is CC(C)Oc1ccc(CNC(=O)CC2CCCN2)c(C(F)(F)F)c1. The highest BCUT2D eigenvalue weighted by molar-refractivity contribution is 5.76. The first-order valence-electron chi connectivity index (χ1n) is 8.12. The van der Waals surface area contributed by atoms with Crippen LogP contribution in [0.5, 0.6) is 5.75 Å². The Morgan fingerprint density at radius 1 is 1.42 bits per heavy atom. The number of halogens is 3. The summed E-state index contributed by atoms with van der Waals surface area (Å²) in [5.41, 5.74) is -0.744. The van der Waals surface area contributed by atoms with Gasteiger partial charge in [0, 0.05) is 19.0 Å². The van der Waals surface area contributed by atoms with Crippen molar-refractivity contribution >= 4 is 5.91 Å². The number of hydrogen-bond donors (Lipinski definition) is 2. The molecule has 1 aromatic rings. The van der Waals surface area contributed by atoms with Gasteiger partial charge in [0.1, 0.15) is 5.75 Å². The molecule has 0 spiro atoms. The molecular weight excluding hydrogens is 321 g/mol. The van der Waals surface area contributed by atoms with E-state index in [1.807, 2.05) is 0 Å². The molecule has 24 heavy (non-hydrogen) atoms. The molecule has 2 rings (SSSR count). The summed E-state index contributed by atoms with van der Waals surface area (Å²) in [5.74, 6) is -0.0763. The van der Waals surface area contributed by atoms with E-state index in [1.165, 1.54) is 12.1 Å². The standard InChI is InChI=1S/C17H23F3N2O2/c1-11(2)24-14-6-5-12(15(9-14)17(18,19)20)10-22-16(23)8-13-4-3-7-21-13/h5-6,9,11,13,21H,3-4,7-8,10H2,1-2H3,(H,22,23). The van der Waals surface area contributed by atoms with Gasteiger partial charge in [0.2, 0.25) is 5.91 Å². The van der Waals surface area contributed by atoms with Crippen LogP contribution < -0.4 is 15.4 Å². The molecule has 0 radical (unpaired) electrons. The lowest BCUT2D eigenvalue weighted by Crippen LogP contribution is -2.32. The molecule has 0 saturated carbocycles. The molecule has 1 saturated heterocycles. The molecule has 1 aliphatic heterocycles. The lowest BCUT2D eigenvalue weighted by molar-refractivity contribution is -0.138. The van der Waals surface area contributed by atoms with Crippen molar-refractivity contribution < 1.29 is 22.7 Å². The molecule has 134 valence electrons. The second-order valence-electron chi connectivity index (χ2n) is 6.26. The first-order valence-corrected chi connectivity index (χ1v) is 8.12. The maximum atomic E-state index is 13.2. The fourth-order valence-corrected chi connectivity index (χ4v) is 2.74. The van der Waals surface area contributed by atoms with Crippen LogP contribution in [0.4, 0.5) is 13.2 Å². The normalized spacial score (nSPS) is 18.0. The number of rotatable bonds is 6. The molecule has 1 heterocycles. The van der Waals surface area contributed by atoms with Crippen molar-refractivity contribution in [3.63, 3.8) is 0 Å². The molecule has 7 heteroatoms. The third-order valence-corrected chi connectivity index (χ3v) is 3.83. The number of benzene rings is 1. The topological polar surface area (TPSA) is 50.4 Å². The Kier molecular flexibility index (Phi) is 6.10. The second kappa shape index (κ2) is 7.88. The van der Waals surface area contributed by atoms with Gasteiger partial charge < -0.3 is 15.4 Å². The van der Waals surface area contributed by atoms with Crippen LogP contribution in [-0.4, -0.2) is 24.6 Å². The Bertz CT molecular complexity index is 567. The molecule has 1 aromatic carbocycles. The van der Waals surface area contributed by atoms with Crippen LogP contribution in [0.25, 0.3) is 0 Å². The van der Waals surface area contributed by atoms with Crippen LogP contribution in [0.3, 0.4) is 0 Å². The van der Waals surface area contributed by atoms with Crippen molar-refractivity contribution in [1.82, 2.24) is 10.6 Å². The summed E-state index contributed by atoms with van der Waals surface area (Å²) in [6.45, 7) is 4.23. The minimum Gasteiger partial charge on any atom is -0.491 e.